The molecule has 1 aromatic heterocycles. The number of carbonyl (C=O) groups excluding carboxylic acids is 1. The van der Waals surface area contributed by atoms with Crippen molar-refractivity contribution in [1.29, 1.82) is 0 Å². The van der Waals surface area contributed by atoms with Crippen LogP contribution in [0.4, 0.5) is 11.4 Å². The molecule has 21 heavy (non-hydrogen) atoms. The molecule has 2 rings (SSSR count). The van der Waals surface area contributed by atoms with Gasteiger partial charge in [0.05, 0.1) is 24.6 Å². The molecule has 3 N–H and O–H groups in total. The molecule has 0 amide bonds. The fourth-order valence-electron chi connectivity index (χ4n) is 1.78. The third-order valence-corrected chi connectivity index (χ3v) is 2.80. The van der Waals surface area contributed by atoms with Crippen LogP contribution < -0.4 is 5.32 Å². The third kappa shape index (κ3) is 3.30. The number of anilines is 1. The molecule has 0 saturated heterocycles. The average molecular weight is 291 g/mol. The zero-order valence-corrected chi connectivity index (χ0v) is 11.1. The Morgan fingerprint density at radius 3 is 2.86 bits per heavy atom. The second-order valence-corrected chi connectivity index (χ2v) is 4.20. The summed E-state index contributed by atoms with van der Waals surface area (Å²) in [6.45, 7) is 0.253. The number of aromatic nitrogens is 1. The quantitative estimate of drug-likeness (QED) is 0.336. The van der Waals surface area contributed by atoms with Gasteiger partial charge >= 0.3 is 5.97 Å². The number of aromatic hydroxyl groups is 1. The first-order valence-corrected chi connectivity index (χ1v) is 5.98. The van der Waals surface area contributed by atoms with E-state index >= 15 is 0 Å². The number of nitrogens with zero attached hydrogens (tertiary/aromatic N) is 1. The van der Waals surface area contributed by atoms with E-state index in [9.17, 15) is 20.0 Å². The van der Waals surface area contributed by atoms with Crippen LogP contribution in [0.15, 0.2) is 30.3 Å². The number of nitro benzene ring substituents is 1. The number of aromatic amines is 1. The van der Waals surface area contributed by atoms with Gasteiger partial charge in [-0.1, -0.05) is 0 Å². The number of nitrogens with one attached hydrogen (secondary N) is 2. The van der Waals surface area contributed by atoms with Crippen molar-refractivity contribution in [3.8, 4) is 5.75 Å². The Kier molecular flexibility index (Phi) is 4.07. The van der Waals surface area contributed by atoms with Crippen molar-refractivity contribution in [2.24, 2.45) is 0 Å². The fraction of sp³-hybridized carbons (Fsp3) is 0.154. The van der Waals surface area contributed by atoms with Crippen LogP contribution in [0.5, 0.6) is 5.75 Å². The molecule has 110 valence electrons. The van der Waals surface area contributed by atoms with E-state index in [2.05, 4.69) is 15.0 Å². The summed E-state index contributed by atoms with van der Waals surface area (Å²) in [7, 11) is 1.28. The number of esters is 1. The predicted octanol–water partition coefficient (Wildman–Crippen LogP) is 2.03. The van der Waals surface area contributed by atoms with Crippen LogP contribution in [0.25, 0.3) is 0 Å². The normalized spacial score (nSPS) is 10.1. The summed E-state index contributed by atoms with van der Waals surface area (Å²) in [5.74, 6) is -0.669. The zero-order valence-electron chi connectivity index (χ0n) is 11.1. The first kappa shape index (κ1) is 14.4. The Hall–Kier alpha value is -3.03. The van der Waals surface area contributed by atoms with Crippen LogP contribution in [-0.2, 0) is 11.3 Å². The van der Waals surface area contributed by atoms with E-state index < -0.39 is 10.9 Å². The SMILES string of the molecule is COC(=O)c1ccc(CNc2ccc(O)cc2[N+](=O)[O-])[nH]1. The first-order valence-electron chi connectivity index (χ1n) is 5.98. The van der Waals surface area contributed by atoms with Gasteiger partial charge < -0.3 is 20.1 Å². The summed E-state index contributed by atoms with van der Waals surface area (Å²) in [5.41, 5.74) is 1.01. The Morgan fingerprint density at radius 1 is 1.43 bits per heavy atom. The van der Waals surface area contributed by atoms with Gasteiger partial charge in [0.2, 0.25) is 0 Å². The van der Waals surface area contributed by atoms with Crippen molar-refractivity contribution in [3.63, 3.8) is 0 Å². The number of methoxy groups -OCH3 is 1. The number of ether oxygens (including phenoxy) is 1. The van der Waals surface area contributed by atoms with Crippen LogP contribution in [0.1, 0.15) is 16.2 Å². The van der Waals surface area contributed by atoms with Gasteiger partial charge in [-0.2, -0.15) is 0 Å². The van der Waals surface area contributed by atoms with E-state index in [1.54, 1.807) is 12.1 Å². The minimum absolute atomic E-state index is 0.180. The maximum absolute atomic E-state index is 11.3. The number of nitro groups is 1. The van der Waals surface area contributed by atoms with E-state index in [4.69, 9.17) is 0 Å². The summed E-state index contributed by atoms with van der Waals surface area (Å²) in [6.07, 6.45) is 0. The van der Waals surface area contributed by atoms with Crippen LogP contribution in [-0.4, -0.2) is 28.1 Å². The predicted molar refractivity (Wildman–Crippen MR) is 74.2 cm³/mol. The molecule has 1 heterocycles. The smallest absolute Gasteiger partial charge is 0.354 e. The molecule has 0 aliphatic rings. The maximum Gasteiger partial charge on any atom is 0.354 e. The molecule has 0 fully saturated rings. The highest BCUT2D eigenvalue weighted by molar-refractivity contribution is 5.87. The number of hydrogen-bond acceptors (Lipinski definition) is 6. The second kappa shape index (κ2) is 5.95. The van der Waals surface area contributed by atoms with Crippen molar-refractivity contribution in [2.45, 2.75) is 6.54 Å². The standard InChI is InChI=1S/C13H13N3O5/c1-21-13(18)11-4-2-8(15-11)7-14-10-5-3-9(17)6-12(10)16(19)20/h2-6,14-15,17H,7H2,1H3. The number of phenolic OH excluding ortho intramolecular Hbond substituents is 1. The van der Waals surface area contributed by atoms with Crippen LogP contribution >= 0.6 is 0 Å². The highest BCUT2D eigenvalue weighted by atomic mass is 16.6. The number of carbonyl (C=O) groups is 1. The van der Waals surface area contributed by atoms with E-state index in [-0.39, 0.29) is 23.7 Å². The summed E-state index contributed by atoms with van der Waals surface area (Å²) in [6, 6.07) is 7.07. The van der Waals surface area contributed by atoms with Crippen molar-refractivity contribution in [2.75, 3.05) is 12.4 Å². The van der Waals surface area contributed by atoms with Crippen molar-refractivity contribution >= 4 is 17.3 Å². The van der Waals surface area contributed by atoms with Crippen LogP contribution in [0, 0.1) is 10.1 Å². The number of phenols is 1. The van der Waals surface area contributed by atoms with E-state index in [1.165, 1.54) is 19.2 Å². The number of hydrogen-bond donors (Lipinski definition) is 3. The largest absolute Gasteiger partial charge is 0.508 e. The van der Waals surface area contributed by atoms with Gasteiger partial charge in [0.25, 0.3) is 5.69 Å². The van der Waals surface area contributed by atoms with Crippen LogP contribution in [0.3, 0.4) is 0 Å². The molecule has 0 aliphatic carbocycles. The molecule has 8 nitrogen and oxygen atoms in total. The molecule has 0 spiro atoms. The monoisotopic (exact) mass is 291 g/mol. The van der Waals surface area contributed by atoms with Gasteiger partial charge in [0.1, 0.15) is 17.1 Å². The number of rotatable bonds is 5. The Bertz CT molecular complexity index is 680. The van der Waals surface area contributed by atoms with Gasteiger partial charge in [-0.25, -0.2) is 4.79 Å². The van der Waals surface area contributed by atoms with Gasteiger partial charge in [0, 0.05) is 5.69 Å². The molecule has 1 aromatic carbocycles. The fourth-order valence-corrected chi connectivity index (χ4v) is 1.78. The van der Waals surface area contributed by atoms with Gasteiger partial charge in [-0.05, 0) is 24.3 Å². The Morgan fingerprint density at radius 2 is 2.19 bits per heavy atom. The summed E-state index contributed by atoms with van der Waals surface area (Å²) >= 11 is 0. The van der Waals surface area contributed by atoms with E-state index in [0.717, 1.165) is 6.07 Å². The molecule has 0 unspecified atom stereocenters. The Balaban J connectivity index is 2.11. The lowest BCUT2D eigenvalue weighted by Crippen LogP contribution is -2.05. The lowest BCUT2D eigenvalue weighted by molar-refractivity contribution is -0.384. The van der Waals surface area contributed by atoms with Crippen molar-refractivity contribution < 1.29 is 19.6 Å². The highest BCUT2D eigenvalue weighted by Gasteiger charge is 2.15. The summed E-state index contributed by atoms with van der Waals surface area (Å²) < 4.78 is 4.57. The molecular formula is C13H13N3O5. The van der Waals surface area contributed by atoms with Crippen molar-refractivity contribution in [1.82, 2.24) is 4.98 Å². The minimum atomic E-state index is -0.587. The molecular weight excluding hydrogens is 278 g/mol. The molecule has 0 atom stereocenters. The molecule has 0 bridgehead atoms. The second-order valence-electron chi connectivity index (χ2n) is 4.20. The van der Waals surface area contributed by atoms with Gasteiger partial charge in [0.15, 0.2) is 0 Å². The lowest BCUT2D eigenvalue weighted by atomic mass is 10.2. The lowest BCUT2D eigenvalue weighted by Gasteiger charge is -2.06. The summed E-state index contributed by atoms with van der Waals surface area (Å²) in [5, 5.41) is 23.0. The van der Waals surface area contributed by atoms with Gasteiger partial charge in [-0.15, -0.1) is 0 Å². The molecule has 8 heteroatoms. The average Bonchev–Trinajstić information content (AvgIpc) is 2.93. The molecule has 0 radical (unpaired) electrons. The number of H-pyrrole nitrogens is 1. The Labute approximate surface area is 119 Å². The highest BCUT2D eigenvalue weighted by Crippen LogP contribution is 2.28. The molecule has 2 aromatic rings. The topological polar surface area (TPSA) is 117 Å². The van der Waals surface area contributed by atoms with Gasteiger partial charge in [-0.3, -0.25) is 10.1 Å². The van der Waals surface area contributed by atoms with Crippen molar-refractivity contribution in [3.05, 3.63) is 51.8 Å². The minimum Gasteiger partial charge on any atom is -0.508 e. The molecule has 0 aliphatic heterocycles. The van der Waals surface area contributed by atoms with Crippen LogP contribution in [0.2, 0.25) is 0 Å². The first-order chi connectivity index (χ1) is 10.0. The van der Waals surface area contributed by atoms with E-state index in [0.29, 0.717) is 11.4 Å². The molecule has 0 saturated carbocycles. The maximum atomic E-state index is 11.3. The van der Waals surface area contributed by atoms with E-state index in [1.807, 2.05) is 0 Å². The summed E-state index contributed by atoms with van der Waals surface area (Å²) in [4.78, 5) is 24.4. The third-order valence-electron chi connectivity index (χ3n) is 2.80. The zero-order chi connectivity index (χ0) is 15.4. The number of benzene rings is 1.